The number of anilines is 1. The van der Waals surface area contributed by atoms with Gasteiger partial charge in [-0.1, -0.05) is 13.3 Å². The van der Waals surface area contributed by atoms with E-state index in [0.717, 1.165) is 22.3 Å². The predicted molar refractivity (Wildman–Crippen MR) is 69.3 cm³/mol. The highest BCUT2D eigenvalue weighted by atomic mass is 79.9. The van der Waals surface area contributed by atoms with Gasteiger partial charge in [-0.25, -0.2) is 0 Å². The van der Waals surface area contributed by atoms with Gasteiger partial charge in [0.05, 0.1) is 17.6 Å². The Kier molecular flexibility index (Phi) is 5.09. The Morgan fingerprint density at radius 1 is 1.47 bits per heavy atom. The molecule has 3 heteroatoms. The van der Waals surface area contributed by atoms with Crippen molar-refractivity contribution in [3.05, 3.63) is 22.4 Å². The average molecular weight is 271 g/mol. The fourth-order valence-electron chi connectivity index (χ4n) is 1.41. The number of rotatable bonds is 5. The molecule has 1 rings (SSSR count). The van der Waals surface area contributed by atoms with E-state index in [4.69, 9.17) is 0 Å². The summed E-state index contributed by atoms with van der Waals surface area (Å²) in [7, 11) is 0. The standard InChI is InChI=1S/C12H19BrN2/c1-4-5-6-12-11(13)7-10(8-14-12)15-9(2)3/h7-9,15H,4-6H2,1-3H3. The highest BCUT2D eigenvalue weighted by Crippen LogP contribution is 2.21. The fraction of sp³-hybridized carbons (Fsp3) is 0.583. The Bertz CT molecular complexity index is 310. The van der Waals surface area contributed by atoms with Crippen LogP contribution in [0.5, 0.6) is 0 Å². The minimum Gasteiger partial charge on any atom is -0.382 e. The van der Waals surface area contributed by atoms with E-state index in [0.29, 0.717) is 6.04 Å². The third-order valence-corrected chi connectivity index (χ3v) is 2.83. The zero-order chi connectivity index (χ0) is 11.3. The van der Waals surface area contributed by atoms with Crippen LogP contribution in [-0.4, -0.2) is 11.0 Å². The maximum atomic E-state index is 4.46. The number of aromatic nitrogens is 1. The molecule has 0 aromatic carbocycles. The van der Waals surface area contributed by atoms with Crippen molar-refractivity contribution < 1.29 is 0 Å². The summed E-state index contributed by atoms with van der Waals surface area (Å²) in [6, 6.07) is 2.55. The van der Waals surface area contributed by atoms with Gasteiger partial charge in [-0.2, -0.15) is 0 Å². The van der Waals surface area contributed by atoms with Crippen molar-refractivity contribution in [2.75, 3.05) is 5.32 Å². The molecule has 0 amide bonds. The minimum absolute atomic E-state index is 0.445. The van der Waals surface area contributed by atoms with Gasteiger partial charge in [-0.05, 0) is 48.7 Å². The Balaban J connectivity index is 2.69. The Labute approximate surface area is 101 Å². The van der Waals surface area contributed by atoms with Crippen LogP contribution in [0.25, 0.3) is 0 Å². The molecule has 0 unspecified atom stereocenters. The minimum atomic E-state index is 0.445. The van der Waals surface area contributed by atoms with Gasteiger partial charge < -0.3 is 5.32 Å². The molecule has 0 fully saturated rings. The first-order valence-electron chi connectivity index (χ1n) is 5.54. The molecule has 1 aromatic heterocycles. The van der Waals surface area contributed by atoms with Crippen molar-refractivity contribution in [2.45, 2.75) is 46.1 Å². The molecule has 0 spiro atoms. The molecule has 84 valence electrons. The number of hydrogen-bond acceptors (Lipinski definition) is 2. The highest BCUT2D eigenvalue weighted by molar-refractivity contribution is 9.10. The Morgan fingerprint density at radius 2 is 2.20 bits per heavy atom. The van der Waals surface area contributed by atoms with Crippen LogP contribution in [0, 0.1) is 0 Å². The molecule has 1 heterocycles. The molecule has 15 heavy (non-hydrogen) atoms. The molecular weight excluding hydrogens is 252 g/mol. The topological polar surface area (TPSA) is 24.9 Å². The Hall–Kier alpha value is -0.570. The molecular formula is C12H19BrN2. The lowest BCUT2D eigenvalue weighted by Crippen LogP contribution is -2.10. The first kappa shape index (κ1) is 12.5. The second-order valence-electron chi connectivity index (χ2n) is 4.06. The summed E-state index contributed by atoms with van der Waals surface area (Å²) in [6.45, 7) is 6.44. The molecule has 0 saturated carbocycles. The van der Waals surface area contributed by atoms with Crippen molar-refractivity contribution in [2.24, 2.45) is 0 Å². The molecule has 1 N–H and O–H groups in total. The second kappa shape index (κ2) is 6.11. The summed E-state index contributed by atoms with van der Waals surface area (Å²) in [5.74, 6) is 0. The zero-order valence-electron chi connectivity index (χ0n) is 9.68. The number of pyridine rings is 1. The summed E-state index contributed by atoms with van der Waals surface area (Å²) < 4.78 is 1.11. The van der Waals surface area contributed by atoms with Gasteiger partial charge in [0.25, 0.3) is 0 Å². The van der Waals surface area contributed by atoms with E-state index >= 15 is 0 Å². The lowest BCUT2D eigenvalue weighted by Gasteiger charge is -2.11. The third kappa shape index (κ3) is 4.20. The SMILES string of the molecule is CCCCc1ncc(NC(C)C)cc1Br. The van der Waals surface area contributed by atoms with Crippen LogP contribution in [-0.2, 0) is 6.42 Å². The van der Waals surface area contributed by atoms with Crippen LogP contribution in [0.3, 0.4) is 0 Å². The van der Waals surface area contributed by atoms with Gasteiger partial charge >= 0.3 is 0 Å². The smallest absolute Gasteiger partial charge is 0.0547 e. The van der Waals surface area contributed by atoms with Crippen molar-refractivity contribution in [3.63, 3.8) is 0 Å². The van der Waals surface area contributed by atoms with Gasteiger partial charge in [0.2, 0.25) is 0 Å². The van der Waals surface area contributed by atoms with Crippen molar-refractivity contribution in [3.8, 4) is 0 Å². The number of nitrogens with zero attached hydrogens (tertiary/aromatic N) is 1. The van der Waals surface area contributed by atoms with E-state index in [1.165, 1.54) is 12.8 Å². The molecule has 0 aliphatic heterocycles. The van der Waals surface area contributed by atoms with Gasteiger partial charge in [-0.3, -0.25) is 4.98 Å². The molecule has 0 bridgehead atoms. The first-order chi connectivity index (χ1) is 7.13. The molecule has 0 aliphatic rings. The monoisotopic (exact) mass is 270 g/mol. The van der Waals surface area contributed by atoms with E-state index < -0.39 is 0 Å². The fourth-order valence-corrected chi connectivity index (χ4v) is 1.95. The van der Waals surface area contributed by atoms with Gasteiger partial charge in [0, 0.05) is 10.5 Å². The van der Waals surface area contributed by atoms with E-state index in [2.05, 4.69) is 53.1 Å². The molecule has 0 atom stereocenters. The van der Waals surface area contributed by atoms with Crippen molar-refractivity contribution in [1.82, 2.24) is 4.98 Å². The molecule has 0 radical (unpaired) electrons. The van der Waals surface area contributed by atoms with Crippen molar-refractivity contribution >= 4 is 21.6 Å². The number of aryl methyl sites for hydroxylation is 1. The molecule has 1 aromatic rings. The molecule has 2 nitrogen and oxygen atoms in total. The first-order valence-corrected chi connectivity index (χ1v) is 6.33. The zero-order valence-corrected chi connectivity index (χ0v) is 11.3. The quantitative estimate of drug-likeness (QED) is 0.875. The van der Waals surface area contributed by atoms with E-state index in [1.54, 1.807) is 0 Å². The third-order valence-electron chi connectivity index (χ3n) is 2.14. The number of halogens is 1. The number of unbranched alkanes of at least 4 members (excludes halogenated alkanes) is 1. The normalized spacial score (nSPS) is 10.7. The maximum Gasteiger partial charge on any atom is 0.0547 e. The van der Waals surface area contributed by atoms with Crippen molar-refractivity contribution in [1.29, 1.82) is 0 Å². The molecule has 0 saturated heterocycles. The number of nitrogens with one attached hydrogen (secondary N) is 1. The molecule has 0 aliphatic carbocycles. The lowest BCUT2D eigenvalue weighted by molar-refractivity contribution is 0.773. The van der Waals surface area contributed by atoms with Crippen LogP contribution in [0.4, 0.5) is 5.69 Å². The van der Waals surface area contributed by atoms with Crippen LogP contribution in [0.1, 0.15) is 39.3 Å². The van der Waals surface area contributed by atoms with Crippen LogP contribution >= 0.6 is 15.9 Å². The second-order valence-corrected chi connectivity index (χ2v) is 4.91. The number of hydrogen-bond donors (Lipinski definition) is 1. The van der Waals surface area contributed by atoms with Crippen LogP contribution < -0.4 is 5.32 Å². The average Bonchev–Trinajstić information content (AvgIpc) is 2.15. The van der Waals surface area contributed by atoms with E-state index in [-0.39, 0.29) is 0 Å². The van der Waals surface area contributed by atoms with E-state index in [9.17, 15) is 0 Å². The summed E-state index contributed by atoms with van der Waals surface area (Å²) in [5.41, 5.74) is 2.24. The predicted octanol–water partition coefficient (Wildman–Crippen LogP) is 4.01. The highest BCUT2D eigenvalue weighted by Gasteiger charge is 2.03. The Morgan fingerprint density at radius 3 is 2.73 bits per heavy atom. The largest absolute Gasteiger partial charge is 0.382 e. The van der Waals surface area contributed by atoms with E-state index in [1.807, 2.05) is 6.20 Å². The lowest BCUT2D eigenvalue weighted by atomic mass is 10.2. The summed E-state index contributed by atoms with van der Waals surface area (Å²) >= 11 is 3.56. The van der Waals surface area contributed by atoms with Gasteiger partial charge in [0.1, 0.15) is 0 Å². The van der Waals surface area contributed by atoms with Gasteiger partial charge in [-0.15, -0.1) is 0 Å². The summed E-state index contributed by atoms with van der Waals surface area (Å²) in [6.07, 6.45) is 5.37. The summed E-state index contributed by atoms with van der Waals surface area (Å²) in [4.78, 5) is 4.46. The van der Waals surface area contributed by atoms with Crippen LogP contribution in [0.15, 0.2) is 16.7 Å². The van der Waals surface area contributed by atoms with Gasteiger partial charge in [0.15, 0.2) is 0 Å². The van der Waals surface area contributed by atoms with Crippen LogP contribution in [0.2, 0.25) is 0 Å². The summed E-state index contributed by atoms with van der Waals surface area (Å²) in [5, 5.41) is 3.34. The maximum absolute atomic E-state index is 4.46.